The molecule has 162 valence electrons. The highest BCUT2D eigenvalue weighted by Crippen LogP contribution is 2.25. The summed E-state index contributed by atoms with van der Waals surface area (Å²) in [7, 11) is -8.53. The van der Waals surface area contributed by atoms with Crippen LogP contribution in [0.25, 0.3) is 0 Å². The zero-order valence-corrected chi connectivity index (χ0v) is 17.7. The normalized spacial score (nSPS) is 22.1. The van der Waals surface area contributed by atoms with Crippen LogP contribution in [0.2, 0.25) is 0 Å². The molecule has 0 amide bonds. The summed E-state index contributed by atoms with van der Waals surface area (Å²) in [5.74, 6) is -1.14. The number of hydrogen-bond acceptors (Lipinski definition) is 9. The zero-order chi connectivity index (χ0) is 22.1. The molecule has 1 N–H and O–H groups in total. The van der Waals surface area contributed by atoms with Gasteiger partial charge in [-0.1, -0.05) is 35.4 Å². The van der Waals surface area contributed by atoms with Crippen LogP contribution in [0.15, 0.2) is 58.3 Å². The molecule has 0 spiro atoms. The fourth-order valence-electron chi connectivity index (χ4n) is 2.68. The summed E-state index contributed by atoms with van der Waals surface area (Å²) in [5, 5.41) is 10.3. The standard InChI is InChI=1S/C19H20O9S2/c1-12-3-7-14(8-4-12)29(22,23)26-11-16-17(20)18(19(21)27-16)28-30(24,25)15-9-5-13(2)6-10-15/h3-10,16-18,20H,11H2,1-2H3/t16-,17-,18-/m1/s1. The topological polar surface area (TPSA) is 133 Å². The number of cyclic esters (lactones) is 1. The van der Waals surface area contributed by atoms with Crippen molar-refractivity contribution in [2.75, 3.05) is 6.61 Å². The highest BCUT2D eigenvalue weighted by atomic mass is 32.2. The van der Waals surface area contributed by atoms with E-state index in [2.05, 4.69) is 0 Å². The number of carbonyl (C=O) groups is 1. The maximum Gasteiger partial charge on any atom is 0.340 e. The number of rotatable bonds is 7. The molecule has 11 heteroatoms. The summed E-state index contributed by atoms with van der Waals surface area (Å²) in [5.41, 5.74) is 1.67. The zero-order valence-electron chi connectivity index (χ0n) is 16.1. The van der Waals surface area contributed by atoms with Gasteiger partial charge < -0.3 is 9.84 Å². The number of carbonyl (C=O) groups excluding carboxylic acids is 1. The lowest BCUT2D eigenvalue weighted by Gasteiger charge is -2.16. The summed E-state index contributed by atoms with van der Waals surface area (Å²) < 4.78 is 63.8. The third-order valence-corrected chi connectivity index (χ3v) is 7.03. The van der Waals surface area contributed by atoms with E-state index in [-0.39, 0.29) is 9.79 Å². The summed E-state index contributed by atoms with van der Waals surface area (Å²) >= 11 is 0. The van der Waals surface area contributed by atoms with Gasteiger partial charge in [0.1, 0.15) is 12.7 Å². The van der Waals surface area contributed by atoms with Gasteiger partial charge in [0, 0.05) is 0 Å². The van der Waals surface area contributed by atoms with Crippen molar-refractivity contribution in [1.29, 1.82) is 0 Å². The van der Waals surface area contributed by atoms with E-state index in [4.69, 9.17) is 13.1 Å². The molecule has 2 aromatic rings. The summed E-state index contributed by atoms with van der Waals surface area (Å²) in [4.78, 5) is 11.7. The predicted octanol–water partition coefficient (Wildman–Crippen LogP) is 1.07. The molecule has 0 bridgehead atoms. The molecular formula is C19H20O9S2. The fourth-order valence-corrected chi connectivity index (χ4v) is 4.64. The van der Waals surface area contributed by atoms with E-state index in [9.17, 15) is 26.7 Å². The monoisotopic (exact) mass is 456 g/mol. The fraction of sp³-hybridized carbons (Fsp3) is 0.316. The molecule has 1 fully saturated rings. The number of esters is 1. The van der Waals surface area contributed by atoms with E-state index in [1.165, 1.54) is 24.3 Å². The van der Waals surface area contributed by atoms with E-state index in [0.717, 1.165) is 11.1 Å². The molecule has 0 aliphatic carbocycles. The Morgan fingerprint density at radius 3 is 1.83 bits per heavy atom. The van der Waals surface area contributed by atoms with Gasteiger partial charge in [-0.15, -0.1) is 0 Å². The largest absolute Gasteiger partial charge is 0.455 e. The lowest BCUT2D eigenvalue weighted by molar-refractivity contribution is -0.147. The van der Waals surface area contributed by atoms with Crippen molar-refractivity contribution in [3.05, 3.63) is 59.7 Å². The van der Waals surface area contributed by atoms with E-state index >= 15 is 0 Å². The Balaban J connectivity index is 1.68. The Hall–Kier alpha value is -2.31. The number of ether oxygens (including phenoxy) is 1. The van der Waals surface area contributed by atoms with Crippen molar-refractivity contribution in [2.24, 2.45) is 0 Å². The second-order valence-corrected chi connectivity index (χ2v) is 9.99. The minimum absolute atomic E-state index is 0.110. The lowest BCUT2D eigenvalue weighted by atomic mass is 10.1. The Kier molecular flexibility index (Phi) is 6.29. The first-order valence-corrected chi connectivity index (χ1v) is 11.7. The van der Waals surface area contributed by atoms with Gasteiger partial charge in [-0.25, -0.2) is 8.98 Å². The Bertz CT molecular complexity index is 1120. The van der Waals surface area contributed by atoms with Crippen LogP contribution in [0.1, 0.15) is 11.1 Å². The number of hydrogen-bond donors (Lipinski definition) is 1. The van der Waals surface area contributed by atoms with Crippen molar-refractivity contribution in [3.8, 4) is 0 Å². The first-order chi connectivity index (χ1) is 14.0. The molecule has 1 aliphatic rings. The lowest BCUT2D eigenvalue weighted by Crippen LogP contribution is -2.37. The average molecular weight is 456 g/mol. The van der Waals surface area contributed by atoms with Gasteiger partial charge in [0.05, 0.1) is 9.79 Å². The second-order valence-electron chi connectivity index (χ2n) is 6.80. The molecule has 2 aromatic carbocycles. The van der Waals surface area contributed by atoms with E-state index in [0.29, 0.717) is 0 Å². The van der Waals surface area contributed by atoms with Crippen LogP contribution < -0.4 is 0 Å². The van der Waals surface area contributed by atoms with Gasteiger partial charge in [-0.05, 0) is 38.1 Å². The maximum atomic E-state index is 12.4. The minimum Gasteiger partial charge on any atom is -0.455 e. The van der Waals surface area contributed by atoms with Crippen molar-refractivity contribution in [1.82, 2.24) is 0 Å². The van der Waals surface area contributed by atoms with Crippen LogP contribution in [0, 0.1) is 13.8 Å². The van der Waals surface area contributed by atoms with Gasteiger partial charge in [0.15, 0.2) is 6.10 Å². The third-order valence-electron chi connectivity index (χ3n) is 4.43. The first kappa shape index (κ1) is 22.4. The van der Waals surface area contributed by atoms with Crippen molar-refractivity contribution < 1.29 is 39.8 Å². The Morgan fingerprint density at radius 2 is 1.33 bits per heavy atom. The number of aryl methyl sites for hydroxylation is 2. The molecular weight excluding hydrogens is 436 g/mol. The Morgan fingerprint density at radius 1 is 0.867 bits per heavy atom. The van der Waals surface area contributed by atoms with Crippen LogP contribution in [0.3, 0.4) is 0 Å². The van der Waals surface area contributed by atoms with Gasteiger partial charge >= 0.3 is 5.97 Å². The van der Waals surface area contributed by atoms with Crippen LogP contribution in [0.5, 0.6) is 0 Å². The van der Waals surface area contributed by atoms with Gasteiger partial charge in [0.2, 0.25) is 6.10 Å². The van der Waals surface area contributed by atoms with Crippen LogP contribution >= 0.6 is 0 Å². The quantitative estimate of drug-likeness (QED) is 0.480. The van der Waals surface area contributed by atoms with Crippen LogP contribution in [-0.4, -0.2) is 52.8 Å². The Labute approximate surface area is 174 Å². The molecule has 0 aromatic heterocycles. The summed E-state index contributed by atoms with van der Waals surface area (Å²) in [6, 6.07) is 11.6. The average Bonchev–Trinajstić information content (AvgIpc) is 2.94. The highest BCUT2D eigenvalue weighted by Gasteiger charge is 2.48. The van der Waals surface area contributed by atoms with E-state index in [1.54, 1.807) is 38.1 Å². The predicted molar refractivity (Wildman–Crippen MR) is 103 cm³/mol. The smallest absolute Gasteiger partial charge is 0.340 e. The SMILES string of the molecule is Cc1ccc(S(=O)(=O)OC[C@H]2OC(=O)[C@H](OS(=O)(=O)c3ccc(C)cc3)[C@@H]2O)cc1. The minimum atomic E-state index is -4.36. The number of aliphatic hydroxyl groups is 1. The van der Waals surface area contributed by atoms with Crippen LogP contribution in [0.4, 0.5) is 0 Å². The first-order valence-electron chi connectivity index (χ1n) is 8.84. The molecule has 9 nitrogen and oxygen atoms in total. The highest BCUT2D eigenvalue weighted by molar-refractivity contribution is 7.87. The second kappa shape index (κ2) is 8.44. The molecule has 3 atom stereocenters. The molecule has 0 saturated carbocycles. The van der Waals surface area contributed by atoms with Gasteiger partial charge in [-0.3, -0.25) is 4.18 Å². The van der Waals surface area contributed by atoms with Crippen molar-refractivity contribution >= 4 is 26.2 Å². The van der Waals surface area contributed by atoms with E-state index in [1.807, 2.05) is 0 Å². The number of benzene rings is 2. The van der Waals surface area contributed by atoms with Gasteiger partial charge in [0.25, 0.3) is 20.2 Å². The van der Waals surface area contributed by atoms with E-state index < -0.39 is 51.1 Å². The van der Waals surface area contributed by atoms with Crippen molar-refractivity contribution in [3.63, 3.8) is 0 Å². The van der Waals surface area contributed by atoms with Crippen molar-refractivity contribution in [2.45, 2.75) is 42.0 Å². The number of aliphatic hydroxyl groups excluding tert-OH is 1. The van der Waals surface area contributed by atoms with Crippen LogP contribution in [-0.2, 0) is 38.1 Å². The molecule has 0 unspecified atom stereocenters. The summed E-state index contributed by atoms with van der Waals surface area (Å²) in [6.45, 7) is 2.86. The molecule has 0 radical (unpaired) electrons. The molecule has 1 saturated heterocycles. The molecule has 1 heterocycles. The molecule has 3 rings (SSSR count). The molecule has 30 heavy (non-hydrogen) atoms. The maximum absolute atomic E-state index is 12.4. The molecule has 1 aliphatic heterocycles. The third kappa shape index (κ3) is 4.87. The van der Waals surface area contributed by atoms with Gasteiger partial charge in [-0.2, -0.15) is 16.8 Å². The summed E-state index contributed by atoms with van der Waals surface area (Å²) in [6.07, 6.45) is -5.01.